The average molecular weight is 346 g/mol. The van der Waals surface area contributed by atoms with Gasteiger partial charge in [0.2, 0.25) is 0 Å². The molecule has 0 fully saturated rings. The van der Waals surface area contributed by atoms with Crippen LogP contribution in [-0.4, -0.2) is 9.38 Å². The molecule has 2 heteroatoms. The topological polar surface area (TPSA) is 17.3 Å². The van der Waals surface area contributed by atoms with Gasteiger partial charge >= 0.3 is 0 Å². The number of nitrogens with zero attached hydrogens (tertiary/aromatic N) is 2. The molecular formula is C25H18N2. The molecule has 0 N–H and O–H groups in total. The van der Waals surface area contributed by atoms with Crippen LogP contribution in [-0.2, 0) is 0 Å². The number of para-hydroxylation sites is 2. The summed E-state index contributed by atoms with van der Waals surface area (Å²) in [4.78, 5) is 4.96. The molecule has 0 spiro atoms. The lowest BCUT2D eigenvalue weighted by Crippen LogP contribution is -1.88. The molecule has 0 amide bonds. The van der Waals surface area contributed by atoms with Crippen molar-refractivity contribution < 1.29 is 0 Å². The van der Waals surface area contributed by atoms with E-state index in [9.17, 15) is 0 Å². The zero-order valence-corrected chi connectivity index (χ0v) is 15.3. The van der Waals surface area contributed by atoms with Gasteiger partial charge in [0.05, 0.1) is 22.2 Å². The van der Waals surface area contributed by atoms with E-state index < -0.39 is 0 Å². The summed E-state index contributed by atoms with van der Waals surface area (Å²) in [7, 11) is 0. The molecule has 0 saturated carbocycles. The Labute approximate surface area is 157 Å². The summed E-state index contributed by atoms with van der Waals surface area (Å²) >= 11 is 0. The number of pyridine rings is 1. The Kier molecular flexibility index (Phi) is 2.77. The lowest BCUT2D eigenvalue weighted by atomic mass is 10.00. The minimum atomic E-state index is 1.07. The maximum Gasteiger partial charge on any atom is 0.0802 e. The first kappa shape index (κ1) is 14.7. The van der Waals surface area contributed by atoms with Gasteiger partial charge in [-0.2, -0.15) is 0 Å². The van der Waals surface area contributed by atoms with Gasteiger partial charge in [0.1, 0.15) is 0 Å². The van der Waals surface area contributed by atoms with E-state index >= 15 is 0 Å². The molecule has 2 nitrogen and oxygen atoms in total. The summed E-state index contributed by atoms with van der Waals surface area (Å²) in [6.07, 6.45) is 2.05. The van der Waals surface area contributed by atoms with Crippen molar-refractivity contribution in [1.29, 1.82) is 0 Å². The molecule has 0 aliphatic rings. The molecule has 3 aromatic heterocycles. The van der Waals surface area contributed by atoms with Crippen LogP contribution in [0.25, 0.3) is 49.4 Å². The first-order chi connectivity index (χ1) is 13.2. The second kappa shape index (κ2) is 5.08. The summed E-state index contributed by atoms with van der Waals surface area (Å²) in [5.74, 6) is 0. The van der Waals surface area contributed by atoms with Crippen molar-refractivity contribution in [3.05, 3.63) is 84.1 Å². The molecule has 0 unspecified atom stereocenters. The van der Waals surface area contributed by atoms with Crippen LogP contribution < -0.4 is 0 Å². The van der Waals surface area contributed by atoms with Gasteiger partial charge in [0.15, 0.2) is 0 Å². The van der Waals surface area contributed by atoms with Crippen LogP contribution in [0.4, 0.5) is 0 Å². The minimum Gasteiger partial charge on any atom is -0.308 e. The maximum atomic E-state index is 4.96. The molecular weight excluding hydrogens is 328 g/mol. The van der Waals surface area contributed by atoms with E-state index in [2.05, 4.69) is 85.0 Å². The molecule has 6 aromatic rings. The third-order valence-electron chi connectivity index (χ3n) is 5.90. The van der Waals surface area contributed by atoms with Crippen LogP contribution in [0.1, 0.15) is 11.1 Å². The number of fused-ring (bicyclic) bond motifs is 6. The summed E-state index contributed by atoms with van der Waals surface area (Å²) < 4.78 is 2.40. The van der Waals surface area contributed by atoms with Crippen LogP contribution >= 0.6 is 0 Å². The molecule has 128 valence electrons. The van der Waals surface area contributed by atoms with E-state index in [1.807, 2.05) is 6.20 Å². The Morgan fingerprint density at radius 3 is 2.19 bits per heavy atom. The Balaban J connectivity index is 1.89. The largest absolute Gasteiger partial charge is 0.308 e. The summed E-state index contributed by atoms with van der Waals surface area (Å²) in [6, 6.07) is 23.9. The highest BCUT2D eigenvalue weighted by molar-refractivity contribution is 6.26. The summed E-state index contributed by atoms with van der Waals surface area (Å²) in [5, 5.41) is 5.01. The SMILES string of the molecule is Cc1ccc(-c2ncc3c4ccccc4n4c5ccccc5c2c34)cc1C. The van der Waals surface area contributed by atoms with Crippen LogP contribution in [0, 0.1) is 13.8 Å². The standard InChI is InChI=1S/C25H18N2/c1-15-11-12-17(13-16(15)2)24-23-19-8-4-6-10-22(19)27-21-9-5-3-7-18(21)20(14-26-24)25(23)27/h3-14H,1-2H3. The Morgan fingerprint density at radius 1 is 0.704 bits per heavy atom. The third-order valence-corrected chi connectivity index (χ3v) is 5.90. The lowest BCUT2D eigenvalue weighted by Gasteiger charge is -2.07. The van der Waals surface area contributed by atoms with Gasteiger partial charge in [-0.15, -0.1) is 0 Å². The molecule has 3 heterocycles. The monoisotopic (exact) mass is 346 g/mol. The van der Waals surface area contributed by atoms with Crippen molar-refractivity contribution in [2.45, 2.75) is 13.8 Å². The molecule has 0 bridgehead atoms. The van der Waals surface area contributed by atoms with E-state index in [1.54, 1.807) is 0 Å². The van der Waals surface area contributed by atoms with Gasteiger partial charge in [-0.05, 0) is 43.2 Å². The van der Waals surface area contributed by atoms with Crippen LogP contribution in [0.5, 0.6) is 0 Å². The quantitative estimate of drug-likeness (QED) is 0.331. The fourth-order valence-electron chi connectivity index (χ4n) is 4.44. The molecule has 0 saturated heterocycles. The molecule has 0 aliphatic carbocycles. The van der Waals surface area contributed by atoms with E-state index in [0.717, 1.165) is 5.69 Å². The fraction of sp³-hybridized carbons (Fsp3) is 0.0800. The molecule has 0 radical (unpaired) electrons. The van der Waals surface area contributed by atoms with Crippen molar-refractivity contribution in [2.75, 3.05) is 0 Å². The number of aryl methyl sites for hydroxylation is 2. The molecule has 3 aromatic carbocycles. The van der Waals surface area contributed by atoms with Crippen molar-refractivity contribution in [2.24, 2.45) is 0 Å². The first-order valence-electron chi connectivity index (χ1n) is 9.33. The lowest BCUT2D eigenvalue weighted by molar-refractivity contribution is 1.31. The predicted molar refractivity (Wildman–Crippen MR) is 114 cm³/mol. The van der Waals surface area contributed by atoms with Crippen molar-refractivity contribution in [3.8, 4) is 11.3 Å². The number of rotatable bonds is 1. The smallest absolute Gasteiger partial charge is 0.0802 e. The van der Waals surface area contributed by atoms with E-state index in [4.69, 9.17) is 4.98 Å². The number of hydrogen-bond donors (Lipinski definition) is 0. The highest BCUT2D eigenvalue weighted by Gasteiger charge is 2.20. The summed E-state index contributed by atoms with van der Waals surface area (Å²) in [6.45, 7) is 4.32. The second-order valence-electron chi connectivity index (χ2n) is 7.41. The summed E-state index contributed by atoms with van der Waals surface area (Å²) in [5.41, 5.74) is 8.64. The predicted octanol–water partition coefficient (Wildman–Crippen LogP) is 6.52. The van der Waals surface area contributed by atoms with Gasteiger partial charge in [-0.3, -0.25) is 4.98 Å². The number of aromatic nitrogens is 2. The Bertz CT molecular complexity index is 1490. The van der Waals surface area contributed by atoms with Crippen molar-refractivity contribution >= 4 is 38.1 Å². The van der Waals surface area contributed by atoms with Crippen molar-refractivity contribution in [3.63, 3.8) is 0 Å². The molecule has 0 atom stereocenters. The average Bonchev–Trinajstić information content (AvgIpc) is 3.22. The maximum absolute atomic E-state index is 4.96. The number of benzene rings is 3. The van der Waals surface area contributed by atoms with Crippen LogP contribution in [0.2, 0.25) is 0 Å². The van der Waals surface area contributed by atoms with Gasteiger partial charge < -0.3 is 4.40 Å². The van der Waals surface area contributed by atoms with Crippen LogP contribution in [0.3, 0.4) is 0 Å². The van der Waals surface area contributed by atoms with Gasteiger partial charge in [-0.25, -0.2) is 0 Å². The molecule has 0 aliphatic heterocycles. The molecule has 27 heavy (non-hydrogen) atoms. The van der Waals surface area contributed by atoms with E-state index in [1.165, 1.54) is 54.8 Å². The zero-order valence-electron chi connectivity index (χ0n) is 15.3. The minimum absolute atomic E-state index is 1.07. The first-order valence-corrected chi connectivity index (χ1v) is 9.33. The van der Waals surface area contributed by atoms with E-state index in [0.29, 0.717) is 0 Å². The van der Waals surface area contributed by atoms with E-state index in [-0.39, 0.29) is 0 Å². The van der Waals surface area contributed by atoms with Gasteiger partial charge in [-0.1, -0.05) is 48.5 Å². The highest BCUT2D eigenvalue weighted by Crippen LogP contribution is 2.42. The second-order valence-corrected chi connectivity index (χ2v) is 7.41. The number of hydrogen-bond acceptors (Lipinski definition) is 1. The van der Waals surface area contributed by atoms with Crippen molar-refractivity contribution in [1.82, 2.24) is 9.38 Å². The zero-order chi connectivity index (χ0) is 18.1. The normalized spacial score (nSPS) is 12.1. The third kappa shape index (κ3) is 1.82. The molecule has 6 rings (SSSR count). The van der Waals surface area contributed by atoms with Gasteiger partial charge in [0, 0.05) is 33.3 Å². The Hall–Kier alpha value is -3.39. The highest BCUT2D eigenvalue weighted by atomic mass is 14.9. The van der Waals surface area contributed by atoms with Crippen LogP contribution in [0.15, 0.2) is 72.9 Å². The fourth-order valence-corrected chi connectivity index (χ4v) is 4.44. The van der Waals surface area contributed by atoms with Gasteiger partial charge in [0.25, 0.3) is 0 Å². The Morgan fingerprint density at radius 2 is 1.41 bits per heavy atom.